The van der Waals surface area contributed by atoms with Gasteiger partial charge in [-0.15, -0.1) is 0 Å². The molecule has 0 unspecified atom stereocenters. The number of halogens is 4. The Bertz CT molecular complexity index is 800. The lowest BCUT2D eigenvalue weighted by Crippen LogP contribution is -2.54. The van der Waals surface area contributed by atoms with E-state index in [-0.39, 0.29) is 4.90 Å². The summed E-state index contributed by atoms with van der Waals surface area (Å²) in [5.74, 6) is -3.14. The van der Waals surface area contributed by atoms with Gasteiger partial charge in [0.25, 0.3) is 5.91 Å². The molecule has 0 aromatic heterocycles. The van der Waals surface area contributed by atoms with Crippen LogP contribution in [-0.4, -0.2) is 23.1 Å². The Hall–Kier alpha value is -2.67. The fraction of sp³-hybridized carbons (Fsp3) is 0.471. The topological polar surface area (TPSA) is 96.4 Å². The first-order valence-corrected chi connectivity index (χ1v) is 7.67. The smallest absolute Gasteiger partial charge is 0.421 e. The minimum Gasteiger partial charge on any atom is -0.443 e. The number of nitrogens with zero attached hydrogens (tertiary/aromatic N) is 2. The van der Waals surface area contributed by atoms with E-state index in [4.69, 9.17) is 15.7 Å². The van der Waals surface area contributed by atoms with E-state index in [1.165, 1.54) is 40.7 Å². The number of nitriles is 1. The quantitative estimate of drug-likeness (QED) is 0.778. The molecule has 0 bridgehead atoms. The second-order valence-electron chi connectivity index (χ2n) is 7.27. The van der Waals surface area contributed by atoms with Crippen LogP contribution in [0.5, 0.6) is 0 Å². The zero-order valence-corrected chi connectivity index (χ0v) is 15.4. The minimum absolute atomic E-state index is 0.108. The van der Waals surface area contributed by atoms with Crippen molar-refractivity contribution in [3.8, 4) is 6.07 Å². The van der Waals surface area contributed by atoms with E-state index < -0.39 is 51.9 Å². The third kappa shape index (κ3) is 5.17. The molecule has 148 valence electrons. The number of carbonyl (C=O) groups is 2. The molecular weight excluding hydrogens is 370 g/mol. The molecule has 0 saturated heterocycles. The molecule has 0 aliphatic carbocycles. The lowest BCUT2D eigenvalue weighted by atomic mass is 10.0. The van der Waals surface area contributed by atoms with Gasteiger partial charge in [0.1, 0.15) is 11.2 Å². The lowest BCUT2D eigenvalue weighted by Gasteiger charge is -2.31. The van der Waals surface area contributed by atoms with Crippen LogP contribution in [0.3, 0.4) is 0 Å². The van der Waals surface area contributed by atoms with Crippen molar-refractivity contribution < 1.29 is 31.9 Å². The zero-order valence-electron chi connectivity index (χ0n) is 15.4. The highest BCUT2D eigenvalue weighted by atomic mass is 19.4. The first kappa shape index (κ1) is 22.4. The Balaban J connectivity index is 3.72. The van der Waals surface area contributed by atoms with Gasteiger partial charge in [0.2, 0.25) is 0 Å². The number of carbonyl (C=O) groups excluding carboxylic acids is 2. The summed E-state index contributed by atoms with van der Waals surface area (Å²) in [4.78, 5) is 25.1. The number of hydrogen-bond donors (Lipinski definition) is 1. The van der Waals surface area contributed by atoms with Crippen LogP contribution in [0.15, 0.2) is 12.1 Å². The fourth-order valence-electron chi connectivity index (χ4n) is 1.99. The largest absolute Gasteiger partial charge is 0.443 e. The van der Waals surface area contributed by atoms with Crippen LogP contribution in [-0.2, 0) is 15.7 Å². The van der Waals surface area contributed by atoms with E-state index in [9.17, 15) is 27.2 Å². The van der Waals surface area contributed by atoms with E-state index >= 15 is 0 Å². The molecule has 0 aliphatic rings. The summed E-state index contributed by atoms with van der Waals surface area (Å²) in [5, 5.41) is 8.83. The number of rotatable bonds is 2. The molecule has 10 heteroatoms. The van der Waals surface area contributed by atoms with E-state index in [0.717, 1.165) is 6.07 Å². The molecule has 0 fully saturated rings. The maximum Gasteiger partial charge on any atom is 0.421 e. The van der Waals surface area contributed by atoms with Crippen molar-refractivity contribution in [3.05, 3.63) is 29.1 Å². The van der Waals surface area contributed by atoms with Gasteiger partial charge >= 0.3 is 12.3 Å². The first-order chi connectivity index (χ1) is 12.0. The number of benzene rings is 1. The molecule has 0 aliphatic heterocycles. The van der Waals surface area contributed by atoms with Crippen LogP contribution in [0.1, 0.15) is 45.7 Å². The highest BCUT2D eigenvalue weighted by molar-refractivity contribution is 6.15. The predicted octanol–water partition coefficient (Wildman–Crippen LogP) is 3.72. The number of hydrogen-bond acceptors (Lipinski definition) is 5. The summed E-state index contributed by atoms with van der Waals surface area (Å²) in [7, 11) is 0. The van der Waals surface area contributed by atoms with Crippen molar-refractivity contribution in [1.82, 2.24) is 0 Å². The van der Waals surface area contributed by atoms with Gasteiger partial charge in [-0.05, 0) is 46.8 Å². The van der Waals surface area contributed by atoms with E-state index in [1.54, 1.807) is 0 Å². The van der Waals surface area contributed by atoms with Gasteiger partial charge in [-0.2, -0.15) is 18.4 Å². The Labute approximate surface area is 153 Å². The average molecular weight is 389 g/mol. The van der Waals surface area contributed by atoms with Crippen molar-refractivity contribution in [3.63, 3.8) is 0 Å². The molecule has 6 nitrogen and oxygen atoms in total. The van der Waals surface area contributed by atoms with Gasteiger partial charge in [-0.3, -0.25) is 4.79 Å². The number of anilines is 1. The normalized spacial score (nSPS) is 12.3. The Morgan fingerprint density at radius 3 is 2.04 bits per heavy atom. The molecule has 1 rings (SSSR count). The summed E-state index contributed by atoms with van der Waals surface area (Å²) in [5.41, 5.74) is -1.09. The number of alkyl halides is 3. The highest BCUT2D eigenvalue weighted by Gasteiger charge is 2.42. The number of amides is 2. The molecule has 2 N–H and O–H groups in total. The SMILES string of the molecule is CC(C)(C)OC(=O)N(C(=O)C(C)(C)N)c1ccc(C#N)c(C(F)(F)F)c1F. The van der Waals surface area contributed by atoms with Gasteiger partial charge in [-0.25, -0.2) is 14.1 Å². The minimum atomic E-state index is -5.23. The van der Waals surface area contributed by atoms with Crippen molar-refractivity contribution in [1.29, 1.82) is 5.26 Å². The Kier molecular flexibility index (Phi) is 5.93. The van der Waals surface area contributed by atoms with Crippen LogP contribution in [0, 0.1) is 17.1 Å². The predicted molar refractivity (Wildman–Crippen MR) is 88.1 cm³/mol. The summed E-state index contributed by atoms with van der Waals surface area (Å²) < 4.78 is 59.3. The van der Waals surface area contributed by atoms with Crippen molar-refractivity contribution in [2.24, 2.45) is 5.73 Å². The van der Waals surface area contributed by atoms with Crippen LogP contribution in [0.4, 0.5) is 28.0 Å². The number of ether oxygens (including phenoxy) is 1. The zero-order chi connectivity index (χ0) is 21.4. The lowest BCUT2D eigenvalue weighted by molar-refractivity contribution is -0.140. The molecule has 0 saturated carbocycles. The maximum absolute atomic E-state index is 14.7. The third-order valence-electron chi connectivity index (χ3n) is 3.10. The Morgan fingerprint density at radius 2 is 1.67 bits per heavy atom. The average Bonchev–Trinajstić information content (AvgIpc) is 2.44. The maximum atomic E-state index is 14.7. The van der Waals surface area contributed by atoms with Crippen LogP contribution in [0.2, 0.25) is 0 Å². The van der Waals surface area contributed by atoms with Gasteiger partial charge < -0.3 is 10.5 Å². The molecular formula is C17H19F4N3O3. The molecule has 2 amide bonds. The monoisotopic (exact) mass is 389 g/mol. The third-order valence-corrected chi connectivity index (χ3v) is 3.10. The standard InChI is InChI=1S/C17H19F4N3O3/c1-15(2,3)27-14(26)24(13(25)16(4,5)23)10-7-6-9(8-22)11(12(10)18)17(19,20)21/h6-7H,23H2,1-5H3. The van der Waals surface area contributed by atoms with E-state index in [0.29, 0.717) is 6.07 Å². The van der Waals surface area contributed by atoms with Gasteiger partial charge in [-0.1, -0.05) is 0 Å². The number of imide groups is 1. The first-order valence-electron chi connectivity index (χ1n) is 7.67. The number of nitrogens with two attached hydrogens (primary N) is 1. The molecule has 1 aromatic rings. The van der Waals surface area contributed by atoms with Gasteiger partial charge in [0.15, 0.2) is 5.82 Å². The Morgan fingerprint density at radius 1 is 1.15 bits per heavy atom. The van der Waals surface area contributed by atoms with E-state index in [2.05, 4.69) is 0 Å². The molecule has 0 heterocycles. The van der Waals surface area contributed by atoms with Crippen LogP contribution in [0.25, 0.3) is 0 Å². The summed E-state index contributed by atoms with van der Waals surface area (Å²) in [6.07, 6.45) is -6.63. The summed E-state index contributed by atoms with van der Waals surface area (Å²) in [6.45, 7) is 6.75. The van der Waals surface area contributed by atoms with E-state index in [1.807, 2.05) is 0 Å². The van der Waals surface area contributed by atoms with Crippen LogP contribution < -0.4 is 10.6 Å². The second kappa shape index (κ2) is 7.15. The molecule has 1 aromatic carbocycles. The summed E-state index contributed by atoms with van der Waals surface area (Å²) >= 11 is 0. The van der Waals surface area contributed by atoms with Crippen LogP contribution >= 0.6 is 0 Å². The molecule has 0 radical (unpaired) electrons. The van der Waals surface area contributed by atoms with Gasteiger partial charge in [0, 0.05) is 0 Å². The van der Waals surface area contributed by atoms with Crippen molar-refractivity contribution >= 4 is 17.7 Å². The molecule has 0 atom stereocenters. The second-order valence-corrected chi connectivity index (χ2v) is 7.27. The molecule has 27 heavy (non-hydrogen) atoms. The van der Waals surface area contributed by atoms with Gasteiger partial charge in [0.05, 0.1) is 22.9 Å². The van der Waals surface area contributed by atoms with Crippen molar-refractivity contribution in [2.45, 2.75) is 51.9 Å². The highest BCUT2D eigenvalue weighted by Crippen LogP contribution is 2.38. The van der Waals surface area contributed by atoms with Crippen molar-refractivity contribution in [2.75, 3.05) is 4.90 Å². The summed E-state index contributed by atoms with van der Waals surface area (Å²) in [6, 6.07) is 2.61. The molecule has 0 spiro atoms. The fourth-order valence-corrected chi connectivity index (χ4v) is 1.99.